The number of aromatic nitrogens is 1. The number of nitrogens with one attached hydrogen (secondary N) is 1. The summed E-state index contributed by atoms with van der Waals surface area (Å²) in [5.74, 6) is -1.73. The number of carboxylic acids is 1. The Hall–Kier alpha value is -4.35. The van der Waals surface area contributed by atoms with E-state index in [1.807, 2.05) is 43.3 Å². The minimum absolute atomic E-state index is 0.00277. The van der Waals surface area contributed by atoms with Gasteiger partial charge in [0.2, 0.25) is 10.0 Å². The second-order valence-electron chi connectivity index (χ2n) is 10.1. The molecule has 4 aromatic carbocycles. The Morgan fingerprint density at radius 3 is 2.14 bits per heavy atom. The molecule has 0 unspecified atom stereocenters. The number of benzene rings is 4. The van der Waals surface area contributed by atoms with E-state index in [4.69, 9.17) is 16.6 Å². The Kier molecular flexibility index (Phi) is 9.26. The Morgan fingerprint density at radius 2 is 1.52 bits per heavy atom. The summed E-state index contributed by atoms with van der Waals surface area (Å²) in [6.45, 7) is 2.01. The molecule has 0 bridgehead atoms. The monoisotopic (exact) mass is 645 g/mol. The van der Waals surface area contributed by atoms with Crippen LogP contribution in [-0.4, -0.2) is 47.8 Å². The molecular formula is C33H28ClN3O5S2. The maximum Gasteiger partial charge on any atom is 0.322 e. The molecule has 8 nitrogen and oxygen atoms in total. The number of halogens is 1. The molecule has 0 saturated heterocycles. The highest BCUT2D eigenvalue weighted by Gasteiger charge is 2.33. The number of carbonyl (C=O) groups excluding carboxylic acids is 1. The Balaban J connectivity index is 1.37. The summed E-state index contributed by atoms with van der Waals surface area (Å²) in [6, 6.07) is 28.2. The van der Waals surface area contributed by atoms with Crippen molar-refractivity contribution in [3.63, 3.8) is 0 Å². The van der Waals surface area contributed by atoms with Gasteiger partial charge in [-0.05, 0) is 60.9 Å². The molecule has 0 radical (unpaired) electrons. The zero-order valence-corrected chi connectivity index (χ0v) is 26.2. The van der Waals surface area contributed by atoms with Crippen molar-refractivity contribution in [2.45, 2.75) is 24.3 Å². The van der Waals surface area contributed by atoms with Gasteiger partial charge in [0.05, 0.1) is 15.5 Å². The number of anilines is 1. The molecule has 5 rings (SSSR count). The second-order valence-corrected chi connectivity index (χ2v) is 13.5. The standard InChI is InChI=1S/C33H28ClN3O5S2/c1-21-8-10-24(11-9-21)30-29(23-12-16-26(34)17-13-23)35-33(43-30)36-31(38)25-14-18-27(19-15-25)44(41,42)37(2)28(32(39)40)20-22-6-4-3-5-7-22/h3-19,28H,20H2,1-2H3,(H,39,40)(H,35,36,38)/t28-/m0/s1. The third kappa shape index (κ3) is 6.89. The summed E-state index contributed by atoms with van der Waals surface area (Å²) in [6.07, 6.45) is 0.00277. The largest absolute Gasteiger partial charge is 0.480 e. The molecule has 224 valence electrons. The third-order valence-corrected chi connectivity index (χ3v) is 10.2. The van der Waals surface area contributed by atoms with Crippen LogP contribution in [0.15, 0.2) is 108 Å². The molecule has 1 atom stereocenters. The van der Waals surface area contributed by atoms with Crippen LogP contribution in [0.5, 0.6) is 0 Å². The van der Waals surface area contributed by atoms with E-state index in [9.17, 15) is 23.1 Å². The van der Waals surface area contributed by atoms with Gasteiger partial charge in [0.25, 0.3) is 5.91 Å². The number of aryl methyl sites for hydroxylation is 1. The molecule has 0 spiro atoms. The van der Waals surface area contributed by atoms with Crippen molar-refractivity contribution in [1.82, 2.24) is 9.29 Å². The van der Waals surface area contributed by atoms with Crippen molar-refractivity contribution in [3.8, 4) is 21.7 Å². The predicted molar refractivity (Wildman–Crippen MR) is 174 cm³/mol. The molecule has 44 heavy (non-hydrogen) atoms. The van der Waals surface area contributed by atoms with Crippen LogP contribution in [0, 0.1) is 6.92 Å². The fourth-order valence-corrected chi connectivity index (χ4v) is 6.99. The average Bonchev–Trinajstić information content (AvgIpc) is 3.44. The number of carbonyl (C=O) groups is 2. The first-order valence-electron chi connectivity index (χ1n) is 13.5. The minimum Gasteiger partial charge on any atom is -0.480 e. The van der Waals surface area contributed by atoms with Gasteiger partial charge in [-0.2, -0.15) is 4.31 Å². The second kappa shape index (κ2) is 13.1. The van der Waals surface area contributed by atoms with Crippen molar-refractivity contribution >= 4 is 50.0 Å². The minimum atomic E-state index is -4.17. The first kappa shape index (κ1) is 31.1. The van der Waals surface area contributed by atoms with Gasteiger partial charge in [-0.3, -0.25) is 14.9 Å². The van der Waals surface area contributed by atoms with Gasteiger partial charge in [0.1, 0.15) is 6.04 Å². The van der Waals surface area contributed by atoms with E-state index in [0.717, 1.165) is 25.9 Å². The fourth-order valence-electron chi connectivity index (χ4n) is 4.57. The quantitative estimate of drug-likeness (QED) is 0.169. The van der Waals surface area contributed by atoms with Crippen molar-refractivity contribution < 1.29 is 23.1 Å². The number of amides is 1. The molecule has 11 heteroatoms. The number of sulfonamides is 1. The summed E-state index contributed by atoms with van der Waals surface area (Å²) < 4.78 is 27.5. The number of carboxylic acid groups (broad SMARTS) is 1. The van der Waals surface area contributed by atoms with Gasteiger partial charge < -0.3 is 5.11 Å². The predicted octanol–water partition coefficient (Wildman–Crippen LogP) is 7.01. The average molecular weight is 646 g/mol. The number of hydrogen-bond donors (Lipinski definition) is 2. The van der Waals surface area contributed by atoms with Crippen molar-refractivity contribution in [2.24, 2.45) is 0 Å². The Bertz CT molecular complexity index is 1830. The van der Waals surface area contributed by atoms with Crippen LogP contribution in [0.1, 0.15) is 21.5 Å². The maximum atomic E-state index is 13.3. The van der Waals surface area contributed by atoms with Crippen molar-refractivity contribution in [1.29, 1.82) is 0 Å². The number of aliphatic carboxylic acids is 1. The highest BCUT2D eigenvalue weighted by molar-refractivity contribution is 7.89. The van der Waals surface area contributed by atoms with Gasteiger partial charge >= 0.3 is 5.97 Å². The van der Waals surface area contributed by atoms with E-state index in [2.05, 4.69) is 5.32 Å². The van der Waals surface area contributed by atoms with Gasteiger partial charge in [-0.25, -0.2) is 13.4 Å². The van der Waals surface area contributed by atoms with Crippen LogP contribution in [0.3, 0.4) is 0 Å². The molecule has 0 saturated carbocycles. The number of hydrogen-bond acceptors (Lipinski definition) is 6. The van der Waals surface area contributed by atoms with E-state index in [1.165, 1.54) is 42.6 Å². The van der Waals surface area contributed by atoms with Crippen molar-refractivity contribution in [2.75, 3.05) is 12.4 Å². The van der Waals surface area contributed by atoms with Crippen LogP contribution in [0.25, 0.3) is 21.7 Å². The third-order valence-electron chi connectivity index (χ3n) is 7.07. The molecule has 2 N–H and O–H groups in total. The number of rotatable bonds is 10. The summed E-state index contributed by atoms with van der Waals surface area (Å²) in [5, 5.41) is 13.6. The molecule has 1 heterocycles. The van der Waals surface area contributed by atoms with Crippen LogP contribution in [0.2, 0.25) is 5.02 Å². The molecule has 0 aliphatic heterocycles. The van der Waals surface area contributed by atoms with Crippen molar-refractivity contribution in [3.05, 3.63) is 125 Å². The lowest BCUT2D eigenvalue weighted by Crippen LogP contribution is -2.43. The van der Waals surface area contributed by atoms with E-state index in [1.54, 1.807) is 42.5 Å². The number of likely N-dealkylation sites (N-methyl/N-ethyl adjacent to an activating group) is 1. The summed E-state index contributed by atoms with van der Waals surface area (Å²) in [5.41, 5.74) is 4.51. The Labute approximate surface area is 264 Å². The van der Waals surface area contributed by atoms with Crippen LogP contribution < -0.4 is 5.32 Å². The van der Waals surface area contributed by atoms with Gasteiger partial charge in [-0.1, -0.05) is 95.2 Å². The van der Waals surface area contributed by atoms with E-state index in [0.29, 0.717) is 21.4 Å². The topological polar surface area (TPSA) is 117 Å². The van der Waals surface area contributed by atoms with Gasteiger partial charge in [0.15, 0.2) is 5.13 Å². The number of nitrogens with zero attached hydrogens (tertiary/aromatic N) is 2. The normalized spacial score (nSPS) is 12.2. The van der Waals surface area contributed by atoms with Crippen LogP contribution in [-0.2, 0) is 21.2 Å². The lowest BCUT2D eigenvalue weighted by Gasteiger charge is -2.24. The summed E-state index contributed by atoms with van der Waals surface area (Å²) in [4.78, 5) is 30.7. The zero-order valence-electron chi connectivity index (χ0n) is 23.8. The maximum absolute atomic E-state index is 13.3. The molecule has 0 aliphatic carbocycles. The van der Waals surface area contributed by atoms with E-state index in [-0.39, 0.29) is 16.9 Å². The first-order chi connectivity index (χ1) is 21.0. The number of thiazole rings is 1. The van der Waals surface area contributed by atoms with Gasteiger partial charge in [-0.15, -0.1) is 0 Å². The van der Waals surface area contributed by atoms with Crippen LogP contribution in [0.4, 0.5) is 5.13 Å². The summed E-state index contributed by atoms with van der Waals surface area (Å²) in [7, 11) is -2.93. The van der Waals surface area contributed by atoms with Gasteiger partial charge in [0, 0.05) is 23.2 Å². The first-order valence-corrected chi connectivity index (χ1v) is 16.2. The summed E-state index contributed by atoms with van der Waals surface area (Å²) >= 11 is 7.42. The van der Waals surface area contributed by atoms with E-state index < -0.39 is 27.9 Å². The molecule has 0 fully saturated rings. The molecule has 1 aromatic heterocycles. The van der Waals surface area contributed by atoms with E-state index >= 15 is 0 Å². The molecule has 1 amide bonds. The van der Waals surface area contributed by atoms with Crippen LogP contribution >= 0.6 is 22.9 Å². The smallest absolute Gasteiger partial charge is 0.322 e. The Morgan fingerprint density at radius 1 is 0.909 bits per heavy atom. The molecular weight excluding hydrogens is 618 g/mol. The SMILES string of the molecule is Cc1ccc(-c2sc(NC(=O)c3ccc(S(=O)(=O)N(C)[C@@H](Cc4ccccc4)C(=O)O)cc3)nc2-c2ccc(Cl)cc2)cc1. The highest BCUT2D eigenvalue weighted by atomic mass is 35.5. The lowest BCUT2D eigenvalue weighted by atomic mass is 10.1. The molecule has 0 aliphatic rings. The highest BCUT2D eigenvalue weighted by Crippen LogP contribution is 2.39. The fraction of sp³-hybridized carbons (Fsp3) is 0.121. The molecule has 5 aromatic rings. The lowest BCUT2D eigenvalue weighted by molar-refractivity contribution is -0.141. The zero-order chi connectivity index (χ0) is 31.4.